The first-order chi connectivity index (χ1) is 8.32. The molecule has 2 heteroatoms. The lowest BCUT2D eigenvalue weighted by atomic mass is 9.98. The van der Waals surface area contributed by atoms with Crippen molar-refractivity contribution in [2.75, 3.05) is 0 Å². The second-order valence-corrected chi connectivity index (χ2v) is 11.3. The average molecular weight is 262 g/mol. The maximum atomic E-state index is 10.3. The van der Waals surface area contributed by atoms with Gasteiger partial charge in [0.15, 0.2) is 0 Å². The van der Waals surface area contributed by atoms with Crippen molar-refractivity contribution in [3.05, 3.63) is 47.7 Å². The van der Waals surface area contributed by atoms with Crippen LogP contribution in [0.2, 0.25) is 19.6 Å². The molecule has 0 radical (unpaired) electrons. The largest absolute Gasteiger partial charge is 0.393 e. The van der Waals surface area contributed by atoms with Gasteiger partial charge in [0, 0.05) is 0 Å². The Morgan fingerprint density at radius 2 is 1.78 bits per heavy atom. The summed E-state index contributed by atoms with van der Waals surface area (Å²) in [5.41, 5.74) is 1.29. The van der Waals surface area contributed by atoms with E-state index in [0.717, 1.165) is 12.8 Å². The van der Waals surface area contributed by atoms with Crippen LogP contribution in [0.4, 0.5) is 0 Å². The number of hydrogen-bond donors (Lipinski definition) is 1. The molecule has 18 heavy (non-hydrogen) atoms. The van der Waals surface area contributed by atoms with E-state index in [9.17, 15) is 5.11 Å². The van der Waals surface area contributed by atoms with Crippen molar-refractivity contribution in [3.8, 4) is 0 Å². The minimum Gasteiger partial charge on any atom is -0.393 e. The lowest BCUT2D eigenvalue weighted by molar-refractivity contribution is 0.126. The summed E-state index contributed by atoms with van der Waals surface area (Å²) in [6, 6.07) is 10.4. The van der Waals surface area contributed by atoms with Crippen LogP contribution in [0.15, 0.2) is 42.1 Å². The predicted molar refractivity (Wildman–Crippen MR) is 82.4 cm³/mol. The third-order valence-electron chi connectivity index (χ3n) is 3.66. The smallest absolute Gasteiger partial charge is 0.0721 e. The fourth-order valence-corrected chi connectivity index (χ4v) is 3.68. The van der Waals surface area contributed by atoms with Crippen LogP contribution in [-0.2, 0) is 6.42 Å². The SMILES string of the molecule is C=C([C@H](C)[C@@H](O)CCc1ccccc1)[Si](C)(C)C. The van der Waals surface area contributed by atoms with Crippen molar-refractivity contribution in [2.24, 2.45) is 5.92 Å². The van der Waals surface area contributed by atoms with Crippen molar-refractivity contribution >= 4 is 8.07 Å². The normalized spacial score (nSPS) is 15.2. The van der Waals surface area contributed by atoms with Gasteiger partial charge in [-0.25, -0.2) is 0 Å². The molecule has 1 N–H and O–H groups in total. The number of hydrogen-bond acceptors (Lipinski definition) is 1. The third-order valence-corrected chi connectivity index (χ3v) is 6.04. The first-order valence-corrected chi connectivity index (χ1v) is 10.2. The molecule has 0 saturated heterocycles. The summed E-state index contributed by atoms with van der Waals surface area (Å²) in [7, 11) is -1.35. The van der Waals surface area contributed by atoms with Crippen molar-refractivity contribution in [1.82, 2.24) is 0 Å². The van der Waals surface area contributed by atoms with Gasteiger partial charge in [0.25, 0.3) is 0 Å². The highest BCUT2D eigenvalue weighted by Crippen LogP contribution is 2.25. The second kappa shape index (κ2) is 6.35. The van der Waals surface area contributed by atoms with Crippen LogP contribution in [0.5, 0.6) is 0 Å². The van der Waals surface area contributed by atoms with E-state index in [1.54, 1.807) is 0 Å². The summed E-state index contributed by atoms with van der Waals surface area (Å²) < 4.78 is 0. The fourth-order valence-electron chi connectivity index (χ4n) is 2.12. The van der Waals surface area contributed by atoms with E-state index in [-0.39, 0.29) is 12.0 Å². The standard InChI is InChI=1S/C16H26OSi/c1-13(14(2)18(3,4)5)16(17)12-11-15-9-7-6-8-10-15/h6-10,13,16-17H,2,11-12H2,1,3-5H3/t13-,16-/m0/s1. The molecule has 0 aliphatic carbocycles. The van der Waals surface area contributed by atoms with Gasteiger partial charge in [0.05, 0.1) is 14.2 Å². The van der Waals surface area contributed by atoms with E-state index in [4.69, 9.17) is 0 Å². The van der Waals surface area contributed by atoms with Gasteiger partial charge < -0.3 is 5.11 Å². The summed E-state index contributed by atoms with van der Waals surface area (Å²) in [4.78, 5) is 0. The monoisotopic (exact) mass is 262 g/mol. The zero-order valence-electron chi connectivity index (χ0n) is 12.1. The van der Waals surface area contributed by atoms with E-state index in [1.165, 1.54) is 10.8 Å². The van der Waals surface area contributed by atoms with E-state index in [2.05, 4.69) is 45.3 Å². The first kappa shape index (κ1) is 15.2. The Kier molecular flexibility index (Phi) is 5.36. The van der Waals surface area contributed by atoms with E-state index in [1.807, 2.05) is 18.2 Å². The molecule has 100 valence electrons. The molecule has 0 bridgehead atoms. The summed E-state index contributed by atoms with van der Waals surface area (Å²) in [6.07, 6.45) is 1.48. The van der Waals surface area contributed by atoms with Crippen LogP contribution >= 0.6 is 0 Å². The third kappa shape index (κ3) is 4.43. The minimum atomic E-state index is -1.35. The number of aryl methyl sites for hydroxylation is 1. The second-order valence-electron chi connectivity index (χ2n) is 6.16. The van der Waals surface area contributed by atoms with Crippen LogP contribution in [0, 0.1) is 5.92 Å². The Morgan fingerprint density at radius 3 is 2.28 bits per heavy atom. The molecule has 0 aromatic heterocycles. The highest BCUT2D eigenvalue weighted by molar-refractivity contribution is 6.83. The lowest BCUT2D eigenvalue weighted by Gasteiger charge is -2.29. The maximum absolute atomic E-state index is 10.3. The van der Waals surface area contributed by atoms with Gasteiger partial charge in [-0.1, -0.05) is 62.1 Å². The highest BCUT2D eigenvalue weighted by Gasteiger charge is 2.26. The maximum Gasteiger partial charge on any atom is 0.0721 e. The van der Waals surface area contributed by atoms with Gasteiger partial charge in [-0.3, -0.25) is 0 Å². The Hall–Kier alpha value is -0.863. The summed E-state index contributed by atoms with van der Waals surface area (Å²) in [5.74, 6) is 0.209. The Morgan fingerprint density at radius 1 is 1.22 bits per heavy atom. The predicted octanol–water partition coefficient (Wildman–Crippen LogP) is 4.05. The summed E-state index contributed by atoms with van der Waals surface area (Å²) in [5, 5.41) is 11.5. The van der Waals surface area contributed by atoms with Gasteiger partial charge in [0.2, 0.25) is 0 Å². The molecule has 0 aliphatic heterocycles. The van der Waals surface area contributed by atoms with Crippen molar-refractivity contribution in [1.29, 1.82) is 0 Å². The number of aliphatic hydroxyl groups excluding tert-OH is 1. The zero-order valence-corrected chi connectivity index (χ0v) is 13.1. The van der Waals surface area contributed by atoms with Crippen molar-refractivity contribution < 1.29 is 5.11 Å². The molecular formula is C16H26OSi. The van der Waals surface area contributed by atoms with Crippen LogP contribution in [0.25, 0.3) is 0 Å². The molecule has 0 heterocycles. The average Bonchev–Trinajstić information content (AvgIpc) is 2.34. The van der Waals surface area contributed by atoms with Crippen LogP contribution in [0.1, 0.15) is 18.9 Å². The molecule has 0 fully saturated rings. The van der Waals surface area contributed by atoms with E-state index in [0.29, 0.717) is 0 Å². The molecule has 2 atom stereocenters. The molecule has 1 aromatic rings. The molecule has 0 unspecified atom stereocenters. The van der Waals surface area contributed by atoms with Gasteiger partial charge in [-0.05, 0) is 24.3 Å². The number of rotatable bonds is 6. The van der Waals surface area contributed by atoms with Gasteiger partial charge in [-0.15, -0.1) is 6.58 Å². The Bertz CT molecular complexity index is 378. The quantitative estimate of drug-likeness (QED) is 0.767. The molecule has 0 aliphatic rings. The molecule has 1 nitrogen and oxygen atoms in total. The fraction of sp³-hybridized carbons (Fsp3) is 0.500. The highest BCUT2D eigenvalue weighted by atomic mass is 28.3. The van der Waals surface area contributed by atoms with Crippen molar-refractivity contribution in [3.63, 3.8) is 0 Å². The number of benzene rings is 1. The van der Waals surface area contributed by atoms with Gasteiger partial charge >= 0.3 is 0 Å². The Labute approximate surface area is 113 Å². The molecule has 0 amide bonds. The van der Waals surface area contributed by atoms with Crippen molar-refractivity contribution in [2.45, 2.75) is 45.5 Å². The van der Waals surface area contributed by atoms with Crippen LogP contribution < -0.4 is 0 Å². The topological polar surface area (TPSA) is 20.2 Å². The molecule has 1 aromatic carbocycles. The molecular weight excluding hydrogens is 236 g/mol. The van der Waals surface area contributed by atoms with Crippen LogP contribution in [-0.4, -0.2) is 19.3 Å². The first-order valence-electron chi connectivity index (χ1n) is 6.73. The molecule has 0 saturated carbocycles. The number of aliphatic hydroxyl groups is 1. The molecule has 0 spiro atoms. The van der Waals surface area contributed by atoms with Gasteiger partial charge in [0.1, 0.15) is 0 Å². The zero-order chi connectivity index (χ0) is 13.8. The Balaban J connectivity index is 2.51. The van der Waals surface area contributed by atoms with Gasteiger partial charge in [-0.2, -0.15) is 0 Å². The lowest BCUT2D eigenvalue weighted by Crippen LogP contribution is -2.33. The van der Waals surface area contributed by atoms with Crippen LogP contribution in [0.3, 0.4) is 0 Å². The van der Waals surface area contributed by atoms with E-state index < -0.39 is 8.07 Å². The molecule has 1 rings (SSSR count). The van der Waals surface area contributed by atoms with E-state index >= 15 is 0 Å². The minimum absolute atomic E-state index is 0.209. The summed E-state index contributed by atoms with van der Waals surface area (Å²) in [6.45, 7) is 13.2. The summed E-state index contributed by atoms with van der Waals surface area (Å²) >= 11 is 0.